The van der Waals surface area contributed by atoms with E-state index in [9.17, 15) is 0 Å². The highest BCUT2D eigenvalue weighted by Gasteiger charge is 2.16. The maximum absolute atomic E-state index is 5.95. The van der Waals surface area contributed by atoms with Crippen molar-refractivity contribution in [1.82, 2.24) is 15.0 Å². The fourth-order valence-corrected chi connectivity index (χ4v) is 3.85. The summed E-state index contributed by atoms with van der Waals surface area (Å²) in [6.07, 6.45) is 2.16. The van der Waals surface area contributed by atoms with E-state index in [1.165, 1.54) is 11.1 Å². The minimum absolute atomic E-state index is 0.678. The number of benzene rings is 3. The van der Waals surface area contributed by atoms with Crippen LogP contribution in [0.25, 0.3) is 34.2 Å². The zero-order valence-electron chi connectivity index (χ0n) is 20.1. The molecule has 0 bridgehead atoms. The molecule has 0 aliphatic rings. The molecule has 33 heavy (non-hydrogen) atoms. The molecular weight excluding hydrogens is 406 g/mol. The van der Waals surface area contributed by atoms with Crippen LogP contribution in [0, 0.1) is 27.7 Å². The molecule has 1 aromatic heterocycles. The fourth-order valence-electron chi connectivity index (χ4n) is 3.85. The molecule has 168 valence electrons. The third-order valence-electron chi connectivity index (χ3n) is 5.75. The van der Waals surface area contributed by atoms with Crippen molar-refractivity contribution in [1.29, 1.82) is 0 Å². The summed E-state index contributed by atoms with van der Waals surface area (Å²) < 4.78 is 5.95. The SMILES string of the molecule is CCCCOc1cc(C)c(-c2nc(-c3ccc(C)cc3)nc(-c3ccc(C)cc3)n2)c(C)c1. The van der Waals surface area contributed by atoms with Gasteiger partial charge in [-0.2, -0.15) is 0 Å². The third-order valence-corrected chi connectivity index (χ3v) is 5.75. The van der Waals surface area contributed by atoms with Crippen molar-refractivity contribution in [3.8, 4) is 39.9 Å². The second kappa shape index (κ2) is 9.95. The Labute approximate surface area is 196 Å². The lowest BCUT2D eigenvalue weighted by atomic mass is 10.0. The van der Waals surface area contributed by atoms with Gasteiger partial charge in [-0.1, -0.05) is 73.0 Å². The van der Waals surface area contributed by atoms with Gasteiger partial charge in [-0.05, 0) is 57.4 Å². The van der Waals surface area contributed by atoms with Crippen LogP contribution in [0.15, 0.2) is 60.7 Å². The van der Waals surface area contributed by atoms with E-state index in [0.717, 1.165) is 53.0 Å². The van der Waals surface area contributed by atoms with Gasteiger partial charge in [0.15, 0.2) is 17.5 Å². The van der Waals surface area contributed by atoms with E-state index in [2.05, 4.69) is 95.3 Å². The van der Waals surface area contributed by atoms with Crippen LogP contribution >= 0.6 is 0 Å². The summed E-state index contributed by atoms with van der Waals surface area (Å²) in [5.74, 6) is 2.94. The van der Waals surface area contributed by atoms with Crippen LogP contribution in [-0.4, -0.2) is 21.6 Å². The number of unbranched alkanes of at least 4 members (excludes halogenated alkanes) is 1. The highest BCUT2D eigenvalue weighted by Crippen LogP contribution is 2.31. The van der Waals surface area contributed by atoms with Crippen LogP contribution in [0.1, 0.15) is 42.0 Å². The molecule has 0 radical (unpaired) electrons. The Morgan fingerprint density at radius 3 is 1.55 bits per heavy atom. The zero-order chi connectivity index (χ0) is 23.4. The smallest absolute Gasteiger partial charge is 0.164 e. The standard InChI is InChI=1S/C29H31N3O/c1-6-7-16-33-25-17-21(4)26(22(5)18-25)29-31-27(23-12-8-19(2)9-13-23)30-28(32-29)24-14-10-20(3)11-15-24/h8-15,17-18H,6-7,16H2,1-5H3. The van der Waals surface area contributed by atoms with Gasteiger partial charge in [-0.25, -0.2) is 15.0 Å². The Balaban J connectivity index is 1.83. The van der Waals surface area contributed by atoms with Gasteiger partial charge in [0.05, 0.1) is 6.61 Å². The van der Waals surface area contributed by atoms with E-state index in [1.54, 1.807) is 0 Å². The van der Waals surface area contributed by atoms with Crippen LogP contribution in [-0.2, 0) is 0 Å². The van der Waals surface area contributed by atoms with Gasteiger partial charge in [-0.3, -0.25) is 0 Å². The normalized spacial score (nSPS) is 10.9. The third kappa shape index (κ3) is 5.28. The first-order valence-electron chi connectivity index (χ1n) is 11.6. The molecule has 0 saturated carbocycles. The second-order valence-corrected chi connectivity index (χ2v) is 8.67. The van der Waals surface area contributed by atoms with Crippen molar-refractivity contribution in [2.24, 2.45) is 0 Å². The van der Waals surface area contributed by atoms with Gasteiger partial charge in [0.25, 0.3) is 0 Å². The monoisotopic (exact) mass is 437 g/mol. The average Bonchev–Trinajstić information content (AvgIpc) is 2.79. The average molecular weight is 438 g/mol. The Hall–Kier alpha value is -3.53. The van der Waals surface area contributed by atoms with Gasteiger partial charge in [0, 0.05) is 16.7 Å². The summed E-state index contributed by atoms with van der Waals surface area (Å²) in [6.45, 7) is 11.2. The van der Waals surface area contributed by atoms with Crippen LogP contribution in [0.4, 0.5) is 0 Å². The van der Waals surface area contributed by atoms with Gasteiger partial charge in [-0.15, -0.1) is 0 Å². The first-order valence-corrected chi connectivity index (χ1v) is 11.6. The summed E-state index contributed by atoms with van der Waals surface area (Å²) in [5.41, 5.74) is 7.59. The number of ether oxygens (including phenoxy) is 1. The largest absolute Gasteiger partial charge is 0.494 e. The number of aromatic nitrogens is 3. The molecule has 4 heteroatoms. The van der Waals surface area contributed by atoms with E-state index >= 15 is 0 Å². The summed E-state index contributed by atoms with van der Waals surface area (Å²) in [5, 5.41) is 0. The minimum atomic E-state index is 0.678. The lowest BCUT2D eigenvalue weighted by Crippen LogP contribution is -2.03. The van der Waals surface area contributed by atoms with Crippen LogP contribution in [0.5, 0.6) is 5.75 Å². The zero-order valence-corrected chi connectivity index (χ0v) is 20.1. The van der Waals surface area contributed by atoms with Crippen molar-refractivity contribution in [2.75, 3.05) is 6.61 Å². The molecule has 0 saturated heterocycles. The van der Waals surface area contributed by atoms with Gasteiger partial charge in [0.1, 0.15) is 5.75 Å². The Bertz CT molecular complexity index is 1160. The molecule has 3 aromatic carbocycles. The van der Waals surface area contributed by atoms with E-state index in [4.69, 9.17) is 19.7 Å². The summed E-state index contributed by atoms with van der Waals surface area (Å²) in [4.78, 5) is 14.7. The molecule has 0 N–H and O–H groups in total. The molecule has 0 atom stereocenters. The quantitative estimate of drug-likeness (QED) is 0.285. The molecule has 4 rings (SSSR count). The predicted molar refractivity (Wildman–Crippen MR) is 135 cm³/mol. The van der Waals surface area contributed by atoms with Gasteiger partial charge < -0.3 is 4.74 Å². The van der Waals surface area contributed by atoms with Crippen molar-refractivity contribution in [2.45, 2.75) is 47.5 Å². The van der Waals surface area contributed by atoms with Crippen molar-refractivity contribution >= 4 is 0 Å². The molecule has 0 aliphatic carbocycles. The van der Waals surface area contributed by atoms with Gasteiger partial charge >= 0.3 is 0 Å². The molecule has 1 heterocycles. The minimum Gasteiger partial charge on any atom is -0.494 e. The van der Waals surface area contributed by atoms with Crippen LogP contribution in [0.3, 0.4) is 0 Å². The highest BCUT2D eigenvalue weighted by molar-refractivity contribution is 5.71. The van der Waals surface area contributed by atoms with E-state index in [-0.39, 0.29) is 0 Å². The van der Waals surface area contributed by atoms with Gasteiger partial charge in [0.2, 0.25) is 0 Å². The Morgan fingerprint density at radius 2 is 1.09 bits per heavy atom. The summed E-state index contributed by atoms with van der Waals surface area (Å²) in [6, 6.07) is 20.8. The predicted octanol–water partition coefficient (Wildman–Crippen LogP) is 7.29. The Morgan fingerprint density at radius 1 is 0.636 bits per heavy atom. The van der Waals surface area contributed by atoms with E-state index in [1.807, 2.05) is 0 Å². The fraction of sp³-hybridized carbons (Fsp3) is 0.276. The lowest BCUT2D eigenvalue weighted by molar-refractivity contribution is 0.309. The van der Waals surface area contributed by atoms with Crippen molar-refractivity contribution < 1.29 is 4.74 Å². The molecular formula is C29H31N3O. The molecule has 0 unspecified atom stereocenters. The van der Waals surface area contributed by atoms with Crippen molar-refractivity contribution in [3.63, 3.8) is 0 Å². The molecule has 0 spiro atoms. The molecule has 0 fully saturated rings. The first kappa shape index (κ1) is 22.7. The maximum atomic E-state index is 5.95. The topological polar surface area (TPSA) is 47.9 Å². The maximum Gasteiger partial charge on any atom is 0.164 e. The van der Waals surface area contributed by atoms with Crippen LogP contribution < -0.4 is 4.74 Å². The first-order chi connectivity index (χ1) is 15.9. The second-order valence-electron chi connectivity index (χ2n) is 8.67. The summed E-state index contributed by atoms with van der Waals surface area (Å²) in [7, 11) is 0. The van der Waals surface area contributed by atoms with E-state index < -0.39 is 0 Å². The molecule has 4 aromatic rings. The highest BCUT2D eigenvalue weighted by atomic mass is 16.5. The number of nitrogens with zero attached hydrogens (tertiary/aromatic N) is 3. The van der Waals surface area contributed by atoms with Crippen molar-refractivity contribution in [3.05, 3.63) is 82.9 Å². The molecule has 4 nitrogen and oxygen atoms in total. The lowest BCUT2D eigenvalue weighted by Gasteiger charge is -2.14. The number of aryl methyl sites for hydroxylation is 4. The molecule has 0 amide bonds. The number of rotatable bonds is 7. The molecule has 0 aliphatic heterocycles. The summed E-state index contributed by atoms with van der Waals surface area (Å²) >= 11 is 0. The number of hydrogen-bond donors (Lipinski definition) is 0. The number of hydrogen-bond acceptors (Lipinski definition) is 4. The van der Waals surface area contributed by atoms with E-state index in [0.29, 0.717) is 17.5 Å². The Kier molecular flexibility index (Phi) is 6.83. The van der Waals surface area contributed by atoms with Crippen LogP contribution in [0.2, 0.25) is 0 Å².